The van der Waals surface area contributed by atoms with E-state index in [9.17, 15) is 14.4 Å². The van der Waals surface area contributed by atoms with E-state index in [1.54, 1.807) is 74.3 Å². The molecule has 1 atom stereocenters. The van der Waals surface area contributed by atoms with Gasteiger partial charge in [0.25, 0.3) is 11.8 Å². The van der Waals surface area contributed by atoms with Crippen molar-refractivity contribution in [1.29, 1.82) is 5.26 Å². The van der Waals surface area contributed by atoms with Crippen molar-refractivity contribution in [3.63, 3.8) is 0 Å². The van der Waals surface area contributed by atoms with Crippen LogP contribution in [0.4, 0.5) is 10.6 Å². The zero-order valence-electron chi connectivity index (χ0n) is 25.3. The van der Waals surface area contributed by atoms with Crippen LogP contribution in [0.3, 0.4) is 0 Å². The first-order valence-corrected chi connectivity index (χ1v) is 14.5. The molecule has 3 amide bonds. The van der Waals surface area contributed by atoms with Crippen molar-refractivity contribution in [1.82, 2.24) is 19.5 Å². The SMILES string of the molecule is CC(C)(C)OC(=O)N1CCCCC1c1nc(-c2ccc(C(=O)Nc3cc(-c4ccc(C#N)cc4)ccn3)cc2)c(C(N)=O)n1N. The number of primary amides is 1. The predicted molar refractivity (Wildman–Crippen MR) is 168 cm³/mol. The van der Waals surface area contributed by atoms with Crippen LogP contribution >= 0.6 is 0 Å². The number of nitrogen functional groups attached to an aromatic ring is 1. The number of nitrogens with zero attached hydrogens (tertiary/aromatic N) is 5. The molecular formula is C33H34N8O4. The number of carbonyl (C=O) groups excluding carboxylic acids is 3. The zero-order chi connectivity index (χ0) is 32.3. The highest BCUT2D eigenvalue weighted by Crippen LogP contribution is 2.34. The molecule has 0 spiro atoms. The van der Waals surface area contributed by atoms with E-state index in [0.717, 1.165) is 28.6 Å². The van der Waals surface area contributed by atoms with Crippen molar-refractivity contribution >= 4 is 23.7 Å². The molecule has 5 N–H and O–H groups in total. The lowest BCUT2D eigenvalue weighted by Gasteiger charge is -2.36. The molecule has 1 saturated heterocycles. The third-order valence-corrected chi connectivity index (χ3v) is 7.37. The van der Waals surface area contributed by atoms with Gasteiger partial charge in [0.1, 0.15) is 17.1 Å². The highest BCUT2D eigenvalue weighted by Gasteiger charge is 2.36. The number of ether oxygens (including phenoxy) is 1. The molecule has 1 aliphatic heterocycles. The molecule has 0 saturated carbocycles. The Labute approximate surface area is 260 Å². The van der Waals surface area contributed by atoms with Gasteiger partial charge in [-0.3, -0.25) is 14.5 Å². The Kier molecular flexibility index (Phi) is 8.54. The molecule has 4 aromatic rings. The lowest BCUT2D eigenvalue weighted by molar-refractivity contribution is 0.00821. The molecule has 45 heavy (non-hydrogen) atoms. The largest absolute Gasteiger partial charge is 0.444 e. The van der Waals surface area contributed by atoms with Gasteiger partial charge in [-0.25, -0.2) is 19.4 Å². The standard InChI is InChI=1S/C33H34N8O4/c1-33(2,3)45-32(44)40-17-5-4-6-25(40)30-39-27(28(29(35)42)41(30)36)22-11-13-23(14-12-22)31(43)38-26-18-24(15-16-37-26)21-9-7-20(19-34)8-10-21/h7-16,18,25H,4-6,17,36H2,1-3H3,(H2,35,42)(H,37,38,43). The second-order valence-corrected chi connectivity index (χ2v) is 11.7. The van der Waals surface area contributed by atoms with Crippen LogP contribution in [-0.2, 0) is 4.74 Å². The average Bonchev–Trinajstić information content (AvgIpc) is 3.37. The molecule has 5 rings (SSSR count). The van der Waals surface area contributed by atoms with Crippen LogP contribution in [0.15, 0.2) is 66.9 Å². The van der Waals surface area contributed by atoms with Crippen molar-refractivity contribution in [3.8, 4) is 28.5 Å². The fourth-order valence-corrected chi connectivity index (χ4v) is 5.24. The number of pyridine rings is 1. The van der Waals surface area contributed by atoms with Crippen LogP contribution in [0.5, 0.6) is 0 Å². The molecule has 1 unspecified atom stereocenters. The summed E-state index contributed by atoms with van der Waals surface area (Å²) in [6.07, 6.45) is 3.34. The maximum atomic E-state index is 13.1. The van der Waals surface area contributed by atoms with Gasteiger partial charge in [0.2, 0.25) is 0 Å². The number of amides is 3. The first kappa shape index (κ1) is 30.7. The van der Waals surface area contributed by atoms with Crippen molar-refractivity contribution in [2.24, 2.45) is 5.73 Å². The Morgan fingerprint density at radius 3 is 2.33 bits per heavy atom. The van der Waals surface area contributed by atoms with Gasteiger partial charge in [-0.2, -0.15) is 5.26 Å². The van der Waals surface area contributed by atoms with E-state index in [4.69, 9.17) is 26.6 Å². The van der Waals surface area contributed by atoms with Gasteiger partial charge in [-0.05, 0) is 87.6 Å². The minimum Gasteiger partial charge on any atom is -0.444 e. The lowest BCUT2D eigenvalue weighted by Crippen LogP contribution is -2.43. The number of anilines is 1. The van der Waals surface area contributed by atoms with E-state index < -0.39 is 23.6 Å². The summed E-state index contributed by atoms with van der Waals surface area (Å²) in [6.45, 7) is 5.85. The summed E-state index contributed by atoms with van der Waals surface area (Å²) in [5, 5.41) is 11.8. The number of nitriles is 1. The number of hydrogen-bond donors (Lipinski definition) is 3. The molecule has 1 aliphatic rings. The average molecular weight is 607 g/mol. The number of nitrogens with one attached hydrogen (secondary N) is 1. The second-order valence-electron chi connectivity index (χ2n) is 11.7. The molecule has 0 aliphatic carbocycles. The van der Waals surface area contributed by atoms with Gasteiger partial charge < -0.3 is 21.6 Å². The molecular weight excluding hydrogens is 572 g/mol. The van der Waals surface area contributed by atoms with E-state index >= 15 is 0 Å². The normalized spacial score (nSPS) is 14.8. The molecule has 0 radical (unpaired) electrons. The number of aromatic nitrogens is 3. The van der Waals surface area contributed by atoms with Crippen molar-refractivity contribution in [2.45, 2.75) is 51.7 Å². The zero-order valence-corrected chi connectivity index (χ0v) is 25.3. The van der Waals surface area contributed by atoms with E-state index in [1.807, 2.05) is 18.2 Å². The Hall–Kier alpha value is -5.70. The number of carbonyl (C=O) groups is 3. The summed E-state index contributed by atoms with van der Waals surface area (Å²) in [5.41, 5.74) is 8.42. The molecule has 1 fully saturated rings. The van der Waals surface area contributed by atoms with Crippen LogP contribution in [0.1, 0.15) is 78.3 Å². The summed E-state index contributed by atoms with van der Waals surface area (Å²) >= 11 is 0. The van der Waals surface area contributed by atoms with Crippen LogP contribution in [0.2, 0.25) is 0 Å². The second kappa shape index (κ2) is 12.5. The highest BCUT2D eigenvalue weighted by molar-refractivity contribution is 6.04. The Bertz CT molecular complexity index is 1780. The Morgan fingerprint density at radius 1 is 1.00 bits per heavy atom. The van der Waals surface area contributed by atoms with E-state index in [0.29, 0.717) is 41.3 Å². The summed E-state index contributed by atoms with van der Waals surface area (Å²) in [4.78, 5) is 49.2. The molecule has 12 nitrogen and oxygen atoms in total. The minimum atomic E-state index is -0.777. The summed E-state index contributed by atoms with van der Waals surface area (Å²) in [7, 11) is 0. The minimum absolute atomic E-state index is 0.0132. The van der Waals surface area contributed by atoms with Gasteiger partial charge in [0.15, 0.2) is 11.5 Å². The van der Waals surface area contributed by atoms with Gasteiger partial charge in [-0.15, -0.1) is 0 Å². The molecule has 3 heterocycles. The fraction of sp³-hybridized carbons (Fsp3) is 0.273. The maximum absolute atomic E-state index is 13.1. The van der Waals surface area contributed by atoms with Gasteiger partial charge in [0, 0.05) is 23.9 Å². The summed E-state index contributed by atoms with van der Waals surface area (Å²) in [6, 6.07) is 18.8. The first-order valence-electron chi connectivity index (χ1n) is 14.5. The Morgan fingerprint density at radius 2 is 1.69 bits per heavy atom. The van der Waals surface area contributed by atoms with Gasteiger partial charge >= 0.3 is 6.09 Å². The summed E-state index contributed by atoms with van der Waals surface area (Å²) < 4.78 is 6.77. The number of imidazole rings is 1. The maximum Gasteiger partial charge on any atom is 0.410 e. The van der Waals surface area contributed by atoms with Crippen LogP contribution in [0.25, 0.3) is 22.4 Å². The monoisotopic (exact) mass is 606 g/mol. The molecule has 2 aromatic heterocycles. The van der Waals surface area contributed by atoms with Crippen molar-refractivity contribution in [2.75, 3.05) is 17.7 Å². The van der Waals surface area contributed by atoms with Gasteiger partial charge in [0.05, 0.1) is 17.7 Å². The topological polar surface area (TPSA) is 182 Å². The number of hydrogen-bond acceptors (Lipinski definition) is 8. The number of rotatable bonds is 6. The molecule has 0 bridgehead atoms. The third-order valence-electron chi connectivity index (χ3n) is 7.37. The predicted octanol–water partition coefficient (Wildman–Crippen LogP) is 5.01. The van der Waals surface area contributed by atoms with Crippen molar-refractivity contribution in [3.05, 3.63) is 89.5 Å². The summed E-state index contributed by atoms with van der Waals surface area (Å²) in [5.74, 6) is 5.90. The smallest absolute Gasteiger partial charge is 0.410 e. The lowest BCUT2D eigenvalue weighted by atomic mass is 10.0. The first-order chi connectivity index (χ1) is 21.4. The van der Waals surface area contributed by atoms with Crippen LogP contribution in [-0.4, -0.2) is 49.6 Å². The number of likely N-dealkylation sites (tertiary alicyclic amines) is 1. The number of nitrogens with two attached hydrogens (primary N) is 2. The number of piperidine rings is 1. The van der Waals surface area contributed by atoms with Crippen LogP contribution < -0.4 is 16.9 Å². The molecule has 230 valence electrons. The Balaban J connectivity index is 1.38. The van der Waals surface area contributed by atoms with E-state index in [1.165, 1.54) is 0 Å². The molecule has 12 heteroatoms. The van der Waals surface area contributed by atoms with Gasteiger partial charge in [-0.1, -0.05) is 24.3 Å². The fourth-order valence-electron chi connectivity index (χ4n) is 5.24. The van der Waals surface area contributed by atoms with Crippen LogP contribution in [0, 0.1) is 11.3 Å². The van der Waals surface area contributed by atoms with E-state index in [2.05, 4.69) is 16.4 Å². The quantitative estimate of drug-likeness (QED) is 0.256. The van der Waals surface area contributed by atoms with E-state index in [-0.39, 0.29) is 17.3 Å². The number of benzene rings is 2. The molecule has 2 aromatic carbocycles. The highest BCUT2D eigenvalue weighted by atomic mass is 16.6. The van der Waals surface area contributed by atoms with Crippen molar-refractivity contribution < 1.29 is 19.1 Å². The third kappa shape index (κ3) is 6.78.